The number of nitrogens with zero attached hydrogens (tertiary/aromatic N) is 3. The number of hydrogen-bond acceptors (Lipinski definition) is 5. The molecule has 1 aromatic rings. The van der Waals surface area contributed by atoms with Crippen LogP contribution in [0.5, 0.6) is 0 Å². The van der Waals surface area contributed by atoms with E-state index < -0.39 is 4.92 Å². The zero-order valence-electron chi connectivity index (χ0n) is 6.47. The lowest BCUT2D eigenvalue weighted by atomic mass is 10.4. The Morgan fingerprint density at radius 1 is 1.67 bits per heavy atom. The van der Waals surface area contributed by atoms with Crippen LogP contribution >= 0.6 is 0 Å². The summed E-state index contributed by atoms with van der Waals surface area (Å²) in [6.45, 7) is 0. The monoisotopic (exact) mass is 168 g/mol. The molecule has 1 rings (SSSR count). The summed E-state index contributed by atoms with van der Waals surface area (Å²) < 4.78 is 0. The Hall–Kier alpha value is -1.69. The third-order valence-corrected chi connectivity index (χ3v) is 1.30. The maximum atomic E-state index is 10.2. The summed E-state index contributed by atoms with van der Waals surface area (Å²) in [6.07, 6.45) is 1.17. The summed E-state index contributed by atoms with van der Waals surface area (Å²) in [5, 5.41) is 11.5. The first-order valence-corrected chi connectivity index (χ1v) is 3.20. The Balaban J connectivity index is 2.93. The average Bonchev–Trinajstić information content (AvgIpc) is 2.04. The van der Waals surface area contributed by atoms with Crippen LogP contribution in [0.3, 0.4) is 0 Å². The van der Waals surface area contributed by atoms with E-state index in [1.807, 2.05) is 0 Å². The van der Waals surface area contributed by atoms with Crippen molar-refractivity contribution in [3.8, 4) is 0 Å². The molecule has 0 amide bonds. The second-order valence-corrected chi connectivity index (χ2v) is 2.24. The van der Waals surface area contributed by atoms with Gasteiger partial charge in [0.2, 0.25) is 0 Å². The van der Waals surface area contributed by atoms with Gasteiger partial charge < -0.3 is 0 Å². The van der Waals surface area contributed by atoms with E-state index in [1.165, 1.54) is 23.3 Å². The average molecular weight is 168 g/mol. The highest BCUT2D eigenvalue weighted by Gasteiger charge is 2.05. The maximum Gasteiger partial charge on any atom is 0.287 e. The fourth-order valence-electron chi connectivity index (χ4n) is 0.695. The van der Waals surface area contributed by atoms with Crippen LogP contribution in [0.25, 0.3) is 0 Å². The van der Waals surface area contributed by atoms with Gasteiger partial charge >= 0.3 is 0 Å². The van der Waals surface area contributed by atoms with Gasteiger partial charge in [0.15, 0.2) is 0 Å². The minimum atomic E-state index is -0.507. The third kappa shape index (κ3) is 1.67. The summed E-state index contributed by atoms with van der Waals surface area (Å²) in [5.74, 6) is 5.83. The van der Waals surface area contributed by atoms with Gasteiger partial charge in [0.25, 0.3) is 5.69 Å². The highest BCUT2D eigenvalue weighted by Crippen LogP contribution is 2.12. The normalized spacial score (nSPS) is 9.50. The van der Waals surface area contributed by atoms with Crippen molar-refractivity contribution in [2.45, 2.75) is 0 Å². The van der Waals surface area contributed by atoms with Crippen LogP contribution in [0.15, 0.2) is 18.3 Å². The Kier molecular flexibility index (Phi) is 2.20. The summed E-state index contributed by atoms with van der Waals surface area (Å²) >= 11 is 0. The lowest BCUT2D eigenvalue weighted by Crippen LogP contribution is -2.25. The molecule has 0 bridgehead atoms. The van der Waals surface area contributed by atoms with E-state index in [0.29, 0.717) is 5.82 Å². The number of nitrogens with two attached hydrogens (primary N) is 1. The molecule has 2 N–H and O–H groups in total. The molecule has 0 aliphatic carbocycles. The fourth-order valence-corrected chi connectivity index (χ4v) is 0.695. The van der Waals surface area contributed by atoms with E-state index in [9.17, 15) is 10.1 Å². The zero-order valence-corrected chi connectivity index (χ0v) is 6.47. The van der Waals surface area contributed by atoms with E-state index >= 15 is 0 Å². The van der Waals surface area contributed by atoms with E-state index in [0.717, 1.165) is 0 Å². The van der Waals surface area contributed by atoms with E-state index in [2.05, 4.69) is 4.98 Å². The molecule has 1 aromatic heterocycles. The predicted octanol–water partition coefficient (Wildman–Crippen LogP) is 0.300. The molecular formula is C6H8N4O2. The van der Waals surface area contributed by atoms with Gasteiger partial charge in [0.1, 0.15) is 12.0 Å². The molecule has 0 saturated heterocycles. The first-order valence-electron chi connectivity index (χ1n) is 3.20. The lowest BCUT2D eigenvalue weighted by Gasteiger charge is -2.08. The molecule has 0 saturated carbocycles. The Morgan fingerprint density at radius 3 is 2.67 bits per heavy atom. The third-order valence-electron chi connectivity index (χ3n) is 1.30. The van der Waals surface area contributed by atoms with Crippen LogP contribution in [-0.4, -0.2) is 17.0 Å². The smallest absolute Gasteiger partial charge is 0.287 e. The van der Waals surface area contributed by atoms with Gasteiger partial charge in [-0.05, 0) is 6.07 Å². The maximum absolute atomic E-state index is 10.2. The van der Waals surface area contributed by atoms with Crippen LogP contribution in [0, 0.1) is 10.1 Å². The molecule has 0 atom stereocenters. The fraction of sp³-hybridized carbons (Fsp3) is 0.167. The van der Waals surface area contributed by atoms with Gasteiger partial charge in [0, 0.05) is 13.1 Å². The zero-order chi connectivity index (χ0) is 9.14. The molecule has 0 aliphatic heterocycles. The molecule has 6 nitrogen and oxygen atoms in total. The number of anilines is 1. The quantitative estimate of drug-likeness (QED) is 0.390. The molecule has 0 spiro atoms. The molecule has 1 heterocycles. The molecule has 0 aliphatic rings. The van der Waals surface area contributed by atoms with Crippen molar-refractivity contribution in [1.29, 1.82) is 0 Å². The number of rotatable bonds is 2. The van der Waals surface area contributed by atoms with Crippen molar-refractivity contribution in [2.75, 3.05) is 12.1 Å². The topological polar surface area (TPSA) is 85.3 Å². The highest BCUT2D eigenvalue weighted by atomic mass is 16.6. The van der Waals surface area contributed by atoms with E-state index in [4.69, 9.17) is 5.84 Å². The number of nitro groups is 1. The lowest BCUT2D eigenvalue weighted by molar-refractivity contribution is -0.385. The van der Waals surface area contributed by atoms with Crippen LogP contribution in [0.2, 0.25) is 0 Å². The number of aromatic nitrogens is 1. The number of hydrogen-bond donors (Lipinski definition) is 1. The van der Waals surface area contributed by atoms with Crippen LogP contribution in [0.1, 0.15) is 0 Å². The Bertz CT molecular complexity index is 282. The largest absolute Gasteiger partial charge is 0.298 e. The minimum Gasteiger partial charge on any atom is -0.298 e. The predicted molar refractivity (Wildman–Crippen MR) is 43.5 cm³/mol. The van der Waals surface area contributed by atoms with Crippen molar-refractivity contribution in [3.05, 3.63) is 28.4 Å². The molecular weight excluding hydrogens is 160 g/mol. The summed E-state index contributed by atoms with van der Waals surface area (Å²) in [7, 11) is 1.61. The molecule has 12 heavy (non-hydrogen) atoms. The number of hydrazine groups is 1. The Morgan fingerprint density at radius 2 is 2.33 bits per heavy atom. The van der Waals surface area contributed by atoms with Crippen LogP contribution in [-0.2, 0) is 0 Å². The van der Waals surface area contributed by atoms with Crippen molar-refractivity contribution in [1.82, 2.24) is 4.98 Å². The molecule has 0 fully saturated rings. The SMILES string of the molecule is CN(N)c1ccc([N+](=O)[O-])cn1. The molecule has 0 aromatic carbocycles. The van der Waals surface area contributed by atoms with Gasteiger partial charge in [0.05, 0.1) is 4.92 Å². The summed E-state index contributed by atoms with van der Waals surface area (Å²) in [6, 6.07) is 2.84. The van der Waals surface area contributed by atoms with Crippen molar-refractivity contribution >= 4 is 11.5 Å². The number of pyridine rings is 1. The van der Waals surface area contributed by atoms with Crippen molar-refractivity contribution in [3.63, 3.8) is 0 Å². The molecule has 0 unspecified atom stereocenters. The molecule has 6 heteroatoms. The standard InChI is InChI=1S/C6H8N4O2/c1-9(7)6-3-2-5(4-8-6)10(11)12/h2-4H,7H2,1H3. The van der Waals surface area contributed by atoms with Crippen LogP contribution < -0.4 is 10.9 Å². The first kappa shape index (κ1) is 8.41. The van der Waals surface area contributed by atoms with Gasteiger partial charge in [-0.25, -0.2) is 10.8 Å². The summed E-state index contributed by atoms with van der Waals surface area (Å²) in [4.78, 5) is 13.5. The minimum absolute atomic E-state index is 0.0411. The van der Waals surface area contributed by atoms with Crippen molar-refractivity contribution < 1.29 is 4.92 Å². The van der Waals surface area contributed by atoms with Gasteiger partial charge in [-0.1, -0.05) is 0 Å². The second-order valence-electron chi connectivity index (χ2n) is 2.24. The first-order chi connectivity index (χ1) is 5.61. The van der Waals surface area contributed by atoms with Crippen LogP contribution in [0.4, 0.5) is 11.5 Å². The summed E-state index contributed by atoms with van der Waals surface area (Å²) in [5.41, 5.74) is -0.0411. The van der Waals surface area contributed by atoms with E-state index in [-0.39, 0.29) is 5.69 Å². The van der Waals surface area contributed by atoms with E-state index in [1.54, 1.807) is 7.05 Å². The van der Waals surface area contributed by atoms with Gasteiger partial charge in [-0.2, -0.15) is 0 Å². The van der Waals surface area contributed by atoms with Crippen molar-refractivity contribution in [2.24, 2.45) is 5.84 Å². The van der Waals surface area contributed by atoms with Gasteiger partial charge in [-0.15, -0.1) is 0 Å². The second kappa shape index (κ2) is 3.14. The van der Waals surface area contributed by atoms with Gasteiger partial charge in [-0.3, -0.25) is 15.1 Å². The highest BCUT2D eigenvalue weighted by molar-refractivity contribution is 5.40. The molecule has 0 radical (unpaired) electrons. The molecule has 64 valence electrons. The Labute approximate surface area is 68.7 Å².